The van der Waals surface area contributed by atoms with Crippen molar-refractivity contribution in [2.75, 3.05) is 5.32 Å². The Morgan fingerprint density at radius 2 is 2.25 bits per heavy atom. The molecular weight excluding hydrogens is 292 g/mol. The second-order valence-corrected chi connectivity index (χ2v) is 5.73. The molecule has 1 heterocycles. The molecule has 20 heavy (non-hydrogen) atoms. The van der Waals surface area contributed by atoms with E-state index in [2.05, 4.69) is 11.4 Å². The molecule has 0 aliphatic rings. The number of carbonyl (C=O) groups is 1. The highest BCUT2D eigenvalue weighted by Gasteiger charge is 2.07. The molecule has 1 amide bonds. The van der Waals surface area contributed by atoms with Gasteiger partial charge in [-0.15, -0.1) is 11.3 Å². The van der Waals surface area contributed by atoms with Crippen molar-refractivity contribution in [3.8, 4) is 6.07 Å². The number of nitrogens with zero attached hydrogens (tertiary/aromatic N) is 1. The molecule has 0 bridgehead atoms. The van der Waals surface area contributed by atoms with E-state index in [9.17, 15) is 4.79 Å². The minimum Gasteiger partial charge on any atom is -0.325 e. The minimum absolute atomic E-state index is 0.0619. The van der Waals surface area contributed by atoms with Crippen molar-refractivity contribution < 1.29 is 4.79 Å². The summed E-state index contributed by atoms with van der Waals surface area (Å²) in [6, 6.07) is 10.9. The van der Waals surface area contributed by atoms with Gasteiger partial charge in [-0.1, -0.05) is 17.7 Å². The van der Waals surface area contributed by atoms with Gasteiger partial charge in [0.25, 0.3) is 0 Å². The van der Waals surface area contributed by atoms with E-state index < -0.39 is 0 Å². The molecule has 0 unspecified atom stereocenters. The zero-order valence-electron chi connectivity index (χ0n) is 10.7. The fraction of sp³-hybridized carbons (Fsp3) is 0.200. The summed E-state index contributed by atoms with van der Waals surface area (Å²) in [6.07, 6.45) is 2.17. The van der Waals surface area contributed by atoms with Crippen molar-refractivity contribution in [2.45, 2.75) is 19.3 Å². The zero-order valence-corrected chi connectivity index (χ0v) is 12.3. The Bertz CT molecular complexity index is 632. The summed E-state index contributed by atoms with van der Waals surface area (Å²) in [6.45, 7) is 0. The van der Waals surface area contributed by atoms with Crippen LogP contribution >= 0.6 is 22.9 Å². The van der Waals surface area contributed by atoms with Gasteiger partial charge in [0.05, 0.1) is 22.3 Å². The predicted molar refractivity (Wildman–Crippen MR) is 82.1 cm³/mol. The van der Waals surface area contributed by atoms with E-state index in [0.717, 1.165) is 12.8 Å². The summed E-state index contributed by atoms with van der Waals surface area (Å²) >= 11 is 7.71. The predicted octanol–water partition coefficient (Wildman–Crippen LogP) is 4.23. The van der Waals surface area contributed by atoms with Crippen molar-refractivity contribution in [2.24, 2.45) is 0 Å². The second kappa shape index (κ2) is 7.09. The molecule has 3 nitrogen and oxygen atoms in total. The van der Waals surface area contributed by atoms with Crippen LogP contribution in [0.2, 0.25) is 5.02 Å². The number of halogens is 1. The number of carbonyl (C=O) groups excluding carboxylic acids is 1. The normalized spacial score (nSPS) is 10.0. The van der Waals surface area contributed by atoms with Crippen molar-refractivity contribution >= 4 is 34.5 Å². The van der Waals surface area contributed by atoms with E-state index >= 15 is 0 Å². The van der Waals surface area contributed by atoms with Crippen LogP contribution in [0.1, 0.15) is 23.3 Å². The Kier molecular flexibility index (Phi) is 5.16. The molecule has 1 aromatic carbocycles. The molecule has 0 aliphatic heterocycles. The van der Waals surface area contributed by atoms with Crippen LogP contribution in [0.3, 0.4) is 0 Å². The van der Waals surface area contributed by atoms with E-state index in [-0.39, 0.29) is 5.91 Å². The number of rotatable bonds is 5. The third kappa shape index (κ3) is 4.09. The molecule has 0 atom stereocenters. The third-order valence-corrected chi connectivity index (χ3v) is 4.03. The Balaban J connectivity index is 1.84. The molecule has 0 saturated heterocycles. The lowest BCUT2D eigenvalue weighted by atomic mass is 10.2. The van der Waals surface area contributed by atoms with Crippen molar-refractivity contribution in [1.82, 2.24) is 0 Å². The van der Waals surface area contributed by atoms with Gasteiger partial charge in [-0.2, -0.15) is 5.26 Å². The van der Waals surface area contributed by atoms with Gasteiger partial charge < -0.3 is 5.32 Å². The van der Waals surface area contributed by atoms with E-state index in [1.54, 1.807) is 29.5 Å². The molecule has 0 aliphatic carbocycles. The smallest absolute Gasteiger partial charge is 0.224 e. The van der Waals surface area contributed by atoms with Gasteiger partial charge in [-0.3, -0.25) is 4.79 Å². The van der Waals surface area contributed by atoms with Crippen LogP contribution in [0, 0.1) is 11.3 Å². The van der Waals surface area contributed by atoms with E-state index in [4.69, 9.17) is 16.9 Å². The highest BCUT2D eigenvalue weighted by Crippen LogP contribution is 2.23. The minimum atomic E-state index is -0.0619. The van der Waals surface area contributed by atoms with Gasteiger partial charge >= 0.3 is 0 Å². The van der Waals surface area contributed by atoms with Crippen LogP contribution in [-0.4, -0.2) is 5.91 Å². The van der Waals surface area contributed by atoms with Gasteiger partial charge in [0.15, 0.2) is 0 Å². The summed E-state index contributed by atoms with van der Waals surface area (Å²) < 4.78 is 0. The summed E-state index contributed by atoms with van der Waals surface area (Å²) in [5.74, 6) is -0.0619. The van der Waals surface area contributed by atoms with Crippen molar-refractivity contribution in [1.29, 1.82) is 5.26 Å². The Morgan fingerprint density at radius 1 is 1.40 bits per heavy atom. The first-order valence-electron chi connectivity index (χ1n) is 6.21. The lowest BCUT2D eigenvalue weighted by Gasteiger charge is -2.07. The first-order chi connectivity index (χ1) is 9.69. The largest absolute Gasteiger partial charge is 0.325 e. The zero-order chi connectivity index (χ0) is 14.4. The van der Waals surface area contributed by atoms with Crippen molar-refractivity contribution in [3.05, 3.63) is 51.2 Å². The van der Waals surface area contributed by atoms with Crippen LogP contribution in [0.5, 0.6) is 0 Å². The third-order valence-electron chi connectivity index (χ3n) is 2.78. The van der Waals surface area contributed by atoms with Crippen LogP contribution in [-0.2, 0) is 11.2 Å². The fourth-order valence-electron chi connectivity index (χ4n) is 1.78. The maximum absolute atomic E-state index is 11.8. The van der Waals surface area contributed by atoms with Gasteiger partial charge in [0.1, 0.15) is 0 Å². The van der Waals surface area contributed by atoms with Crippen molar-refractivity contribution in [3.63, 3.8) is 0 Å². The van der Waals surface area contributed by atoms with Gasteiger partial charge in [0.2, 0.25) is 5.91 Å². The molecule has 2 rings (SSSR count). The highest BCUT2D eigenvalue weighted by molar-refractivity contribution is 7.09. The van der Waals surface area contributed by atoms with Gasteiger partial charge in [0, 0.05) is 11.3 Å². The number of benzene rings is 1. The Labute approximate surface area is 126 Å². The lowest BCUT2D eigenvalue weighted by molar-refractivity contribution is -0.116. The fourth-order valence-corrected chi connectivity index (χ4v) is 2.76. The average molecular weight is 305 g/mol. The molecule has 0 spiro atoms. The first-order valence-corrected chi connectivity index (χ1v) is 7.46. The SMILES string of the molecule is N#Cc1ccc(NC(=O)CCCc2cccs2)c(Cl)c1. The number of nitriles is 1. The van der Waals surface area contributed by atoms with Crippen LogP contribution in [0.15, 0.2) is 35.7 Å². The van der Waals surface area contributed by atoms with Gasteiger partial charge in [-0.05, 0) is 42.5 Å². The Hall–Kier alpha value is -1.83. The topological polar surface area (TPSA) is 52.9 Å². The highest BCUT2D eigenvalue weighted by atomic mass is 35.5. The van der Waals surface area contributed by atoms with E-state index in [1.807, 2.05) is 17.5 Å². The quantitative estimate of drug-likeness (QED) is 0.898. The van der Waals surface area contributed by atoms with Crippen LogP contribution in [0.4, 0.5) is 5.69 Å². The van der Waals surface area contributed by atoms with Crippen LogP contribution in [0.25, 0.3) is 0 Å². The summed E-state index contributed by atoms with van der Waals surface area (Å²) in [7, 11) is 0. The van der Waals surface area contributed by atoms with Crippen LogP contribution < -0.4 is 5.32 Å². The summed E-state index contributed by atoms with van der Waals surface area (Å²) in [4.78, 5) is 13.1. The molecule has 1 N–H and O–H groups in total. The molecule has 0 radical (unpaired) electrons. The molecule has 0 saturated carbocycles. The number of thiophene rings is 1. The number of amides is 1. The average Bonchev–Trinajstić information content (AvgIpc) is 2.94. The number of anilines is 1. The standard InChI is InChI=1S/C15H13ClN2OS/c16-13-9-11(10-17)6-7-14(13)18-15(19)5-1-3-12-4-2-8-20-12/h2,4,6-9H,1,3,5H2,(H,18,19). The molecule has 5 heteroatoms. The number of nitrogens with one attached hydrogen (secondary N) is 1. The van der Waals surface area contributed by atoms with E-state index in [1.165, 1.54) is 4.88 Å². The lowest BCUT2D eigenvalue weighted by Crippen LogP contribution is -2.11. The second-order valence-electron chi connectivity index (χ2n) is 4.29. The molecule has 0 fully saturated rings. The molecule has 1 aromatic heterocycles. The molecule has 2 aromatic rings. The number of hydrogen-bond acceptors (Lipinski definition) is 3. The Morgan fingerprint density at radius 3 is 2.90 bits per heavy atom. The summed E-state index contributed by atoms with van der Waals surface area (Å²) in [5, 5.41) is 13.9. The maximum Gasteiger partial charge on any atom is 0.224 e. The van der Waals surface area contributed by atoms with E-state index in [0.29, 0.717) is 22.7 Å². The maximum atomic E-state index is 11.8. The monoisotopic (exact) mass is 304 g/mol. The first kappa shape index (κ1) is 14.6. The number of aryl methyl sites for hydroxylation is 1. The molecule has 102 valence electrons. The number of hydrogen-bond donors (Lipinski definition) is 1. The molecular formula is C15H13ClN2OS. The van der Waals surface area contributed by atoms with Gasteiger partial charge in [-0.25, -0.2) is 0 Å². The summed E-state index contributed by atoms with van der Waals surface area (Å²) in [5.41, 5.74) is 1.03.